The molecule has 0 heterocycles. The molecule has 1 rings (SSSR count). The Morgan fingerprint density at radius 3 is 2.42 bits per heavy atom. The minimum absolute atomic E-state index is 0.169. The van der Waals surface area contributed by atoms with Crippen LogP contribution >= 0.6 is 0 Å². The molecule has 0 aromatic carbocycles. The highest BCUT2D eigenvalue weighted by Crippen LogP contribution is 2.20. The fourth-order valence-corrected chi connectivity index (χ4v) is 1.60. The summed E-state index contributed by atoms with van der Waals surface area (Å²) in [6, 6.07) is -0.232. The maximum atomic E-state index is 11.0. The molecule has 0 aliphatic heterocycles. The molecule has 2 amide bonds. The fraction of sp³-hybridized carbons (Fsp3) is 0.857. The van der Waals surface area contributed by atoms with Crippen molar-refractivity contribution in [3.05, 3.63) is 0 Å². The van der Waals surface area contributed by atoms with Crippen molar-refractivity contribution in [1.29, 1.82) is 0 Å². The van der Waals surface area contributed by atoms with Crippen LogP contribution in [0.25, 0.3) is 0 Å². The number of nitrogens with two attached hydrogens (primary N) is 2. The van der Waals surface area contributed by atoms with Gasteiger partial charge in [-0.3, -0.25) is 10.4 Å². The molecule has 5 heteroatoms. The third-order valence-electron chi connectivity index (χ3n) is 2.33. The number of rotatable bonds is 1. The quantitative estimate of drug-likeness (QED) is 0.297. The van der Waals surface area contributed by atoms with E-state index in [1.165, 1.54) is 11.4 Å². The van der Waals surface area contributed by atoms with Gasteiger partial charge in [-0.2, -0.15) is 0 Å². The molecule has 70 valence electrons. The van der Waals surface area contributed by atoms with Crippen molar-refractivity contribution in [2.45, 2.75) is 38.1 Å². The number of carbonyl (C=O) groups excluding carboxylic acids is 1. The summed E-state index contributed by atoms with van der Waals surface area (Å²) in [6.07, 6.45) is 5.52. The zero-order chi connectivity index (χ0) is 8.97. The van der Waals surface area contributed by atoms with Crippen LogP contribution in [0.15, 0.2) is 0 Å². The first kappa shape index (κ1) is 9.28. The molecule has 1 aliphatic carbocycles. The van der Waals surface area contributed by atoms with Gasteiger partial charge in [-0.25, -0.2) is 16.5 Å². The molecule has 0 bridgehead atoms. The second-order valence-corrected chi connectivity index (χ2v) is 3.15. The largest absolute Gasteiger partial charge is 0.345 e. The number of hydrogen-bond donors (Lipinski definition) is 3. The first-order valence-corrected chi connectivity index (χ1v) is 4.30. The van der Waals surface area contributed by atoms with Crippen LogP contribution in [0.2, 0.25) is 0 Å². The van der Waals surface area contributed by atoms with Crippen molar-refractivity contribution in [2.75, 3.05) is 0 Å². The lowest BCUT2D eigenvalue weighted by Crippen LogP contribution is -2.52. The van der Waals surface area contributed by atoms with Gasteiger partial charge in [-0.15, -0.1) is 0 Å². The van der Waals surface area contributed by atoms with Crippen LogP contribution in [-0.2, 0) is 0 Å². The van der Waals surface area contributed by atoms with Crippen LogP contribution in [0, 0.1) is 0 Å². The van der Waals surface area contributed by atoms with Crippen molar-refractivity contribution in [3.63, 3.8) is 0 Å². The summed E-state index contributed by atoms with van der Waals surface area (Å²) in [5.74, 6) is 10.5. The Bertz CT molecular complexity index is 155. The lowest BCUT2D eigenvalue weighted by molar-refractivity contribution is 0.157. The Labute approximate surface area is 72.0 Å². The smallest absolute Gasteiger partial charge is 0.275 e. The fourth-order valence-electron chi connectivity index (χ4n) is 1.60. The van der Waals surface area contributed by atoms with Crippen LogP contribution in [-0.4, -0.2) is 17.1 Å². The summed E-state index contributed by atoms with van der Waals surface area (Å²) in [5, 5.41) is 1.21. The van der Waals surface area contributed by atoms with Gasteiger partial charge in [0, 0.05) is 6.04 Å². The SMILES string of the molecule is NNC(=O)N(N)C1CCCCC1. The number of nitrogens with one attached hydrogen (secondary N) is 1. The van der Waals surface area contributed by atoms with Crippen LogP contribution in [0.3, 0.4) is 0 Å². The number of urea groups is 1. The molecule has 5 nitrogen and oxygen atoms in total. The van der Waals surface area contributed by atoms with Crippen LogP contribution in [0.4, 0.5) is 4.79 Å². The number of hydrazine groups is 2. The predicted octanol–water partition coefficient (Wildman–Crippen LogP) is 0.0781. The highest BCUT2D eigenvalue weighted by molar-refractivity contribution is 5.73. The average Bonchev–Trinajstić information content (AvgIpc) is 2.17. The number of hydrogen-bond acceptors (Lipinski definition) is 3. The zero-order valence-corrected chi connectivity index (χ0v) is 7.12. The summed E-state index contributed by atoms with van der Waals surface area (Å²) in [5.41, 5.74) is 2.02. The van der Waals surface area contributed by atoms with Crippen LogP contribution in [0.5, 0.6) is 0 Å². The highest BCUT2D eigenvalue weighted by Gasteiger charge is 2.21. The second-order valence-electron chi connectivity index (χ2n) is 3.15. The third kappa shape index (κ3) is 2.09. The molecule has 1 aliphatic rings. The minimum atomic E-state index is -0.401. The highest BCUT2D eigenvalue weighted by atomic mass is 16.2. The van der Waals surface area contributed by atoms with Crippen molar-refractivity contribution in [2.24, 2.45) is 11.7 Å². The van der Waals surface area contributed by atoms with Gasteiger partial charge in [-0.1, -0.05) is 19.3 Å². The molecule has 1 saturated carbocycles. The molecule has 12 heavy (non-hydrogen) atoms. The van der Waals surface area contributed by atoms with Gasteiger partial charge in [0.15, 0.2) is 0 Å². The van der Waals surface area contributed by atoms with E-state index >= 15 is 0 Å². The number of carbonyl (C=O) groups is 1. The zero-order valence-electron chi connectivity index (χ0n) is 7.12. The Balaban J connectivity index is 2.39. The van der Waals surface area contributed by atoms with Gasteiger partial charge < -0.3 is 0 Å². The van der Waals surface area contributed by atoms with Gasteiger partial charge in [0.2, 0.25) is 0 Å². The topological polar surface area (TPSA) is 84.4 Å². The van der Waals surface area contributed by atoms with Gasteiger partial charge in [0.05, 0.1) is 0 Å². The number of amides is 2. The molecule has 1 fully saturated rings. The van der Waals surface area contributed by atoms with E-state index in [2.05, 4.69) is 0 Å². The van der Waals surface area contributed by atoms with Crippen molar-refractivity contribution in [3.8, 4) is 0 Å². The Morgan fingerprint density at radius 1 is 1.33 bits per heavy atom. The van der Waals surface area contributed by atoms with E-state index in [-0.39, 0.29) is 6.04 Å². The van der Waals surface area contributed by atoms with E-state index < -0.39 is 6.03 Å². The Hall–Kier alpha value is -0.810. The summed E-state index contributed by atoms with van der Waals surface area (Å²) in [6.45, 7) is 0. The third-order valence-corrected chi connectivity index (χ3v) is 2.33. The summed E-state index contributed by atoms with van der Waals surface area (Å²) in [7, 11) is 0. The van der Waals surface area contributed by atoms with Crippen molar-refractivity contribution >= 4 is 6.03 Å². The van der Waals surface area contributed by atoms with E-state index in [0.29, 0.717) is 0 Å². The maximum absolute atomic E-state index is 11.0. The first-order chi connectivity index (χ1) is 5.75. The monoisotopic (exact) mass is 172 g/mol. The maximum Gasteiger partial charge on any atom is 0.345 e. The predicted molar refractivity (Wildman–Crippen MR) is 45.6 cm³/mol. The minimum Gasteiger partial charge on any atom is -0.275 e. The van der Waals surface area contributed by atoms with E-state index in [1.54, 1.807) is 0 Å². The number of nitrogens with zero attached hydrogens (tertiary/aromatic N) is 1. The summed E-state index contributed by atoms with van der Waals surface area (Å²) < 4.78 is 0. The van der Waals surface area contributed by atoms with Gasteiger partial charge in [-0.05, 0) is 12.8 Å². The average molecular weight is 172 g/mol. The van der Waals surface area contributed by atoms with Crippen LogP contribution in [0.1, 0.15) is 32.1 Å². The van der Waals surface area contributed by atoms with Gasteiger partial charge in [0.25, 0.3) is 0 Å². The molecule has 0 saturated heterocycles. The normalized spacial score (nSPS) is 18.8. The van der Waals surface area contributed by atoms with E-state index in [0.717, 1.165) is 25.7 Å². The van der Waals surface area contributed by atoms with E-state index in [9.17, 15) is 4.79 Å². The van der Waals surface area contributed by atoms with Crippen LogP contribution < -0.4 is 17.1 Å². The summed E-state index contributed by atoms with van der Waals surface area (Å²) in [4.78, 5) is 11.0. The molecular weight excluding hydrogens is 156 g/mol. The molecule has 0 unspecified atom stereocenters. The molecule has 0 radical (unpaired) electrons. The standard InChI is InChI=1S/C7H16N4O/c8-10-7(12)11(9)6-4-2-1-3-5-6/h6H,1-5,8-9H2,(H,10,12). The molecule has 0 aromatic heterocycles. The lowest BCUT2D eigenvalue weighted by atomic mass is 9.95. The summed E-state index contributed by atoms with van der Waals surface area (Å²) >= 11 is 0. The van der Waals surface area contributed by atoms with Crippen molar-refractivity contribution in [1.82, 2.24) is 10.4 Å². The van der Waals surface area contributed by atoms with E-state index in [1.807, 2.05) is 5.43 Å². The molecular formula is C7H16N4O. The van der Waals surface area contributed by atoms with Gasteiger partial charge >= 0.3 is 6.03 Å². The molecule has 0 atom stereocenters. The Kier molecular flexibility index (Phi) is 3.31. The van der Waals surface area contributed by atoms with E-state index in [4.69, 9.17) is 11.7 Å². The second kappa shape index (κ2) is 4.27. The lowest BCUT2D eigenvalue weighted by Gasteiger charge is -2.29. The Morgan fingerprint density at radius 2 is 1.92 bits per heavy atom. The van der Waals surface area contributed by atoms with Gasteiger partial charge in [0.1, 0.15) is 0 Å². The molecule has 0 spiro atoms. The molecule has 0 aromatic rings. The van der Waals surface area contributed by atoms with Crippen molar-refractivity contribution < 1.29 is 4.79 Å². The first-order valence-electron chi connectivity index (χ1n) is 4.30. The molecule has 5 N–H and O–H groups in total.